The smallest absolute Gasteiger partial charge is 0.00548 e. The van der Waals surface area contributed by atoms with Crippen molar-refractivity contribution in [1.82, 2.24) is 0 Å². The summed E-state index contributed by atoms with van der Waals surface area (Å²) in [5.74, 6) is 0.731. The molecule has 0 nitrogen and oxygen atoms in total. The van der Waals surface area contributed by atoms with Crippen LogP contribution in [0.5, 0.6) is 0 Å². The molecule has 2 aliphatic carbocycles. The lowest BCUT2D eigenvalue weighted by atomic mass is 9.94. The summed E-state index contributed by atoms with van der Waals surface area (Å²) in [4.78, 5) is 0. The van der Waals surface area contributed by atoms with E-state index in [4.69, 9.17) is 0 Å². The highest BCUT2D eigenvalue weighted by Crippen LogP contribution is 2.37. The third kappa shape index (κ3) is 1.53. The Morgan fingerprint density at radius 3 is 2.00 bits per heavy atom. The van der Waals surface area contributed by atoms with E-state index in [1.165, 1.54) is 24.0 Å². The number of hydrogen-bond acceptors (Lipinski definition) is 0. The first-order valence-electron chi connectivity index (χ1n) is 6.75. The van der Waals surface area contributed by atoms with Crippen molar-refractivity contribution in [1.29, 1.82) is 0 Å². The van der Waals surface area contributed by atoms with Crippen molar-refractivity contribution in [3.63, 3.8) is 0 Å². The molecule has 0 aromatic heterocycles. The van der Waals surface area contributed by atoms with E-state index >= 15 is 0 Å². The van der Waals surface area contributed by atoms with Crippen LogP contribution in [0.3, 0.4) is 0 Å². The van der Waals surface area contributed by atoms with Gasteiger partial charge in [-0.2, -0.15) is 0 Å². The van der Waals surface area contributed by atoms with E-state index in [1.807, 2.05) is 0 Å². The van der Waals surface area contributed by atoms with Gasteiger partial charge >= 0.3 is 0 Å². The van der Waals surface area contributed by atoms with Gasteiger partial charge in [-0.15, -0.1) is 0 Å². The van der Waals surface area contributed by atoms with Crippen LogP contribution in [-0.2, 0) is 19.3 Å². The Morgan fingerprint density at radius 1 is 0.722 bits per heavy atom. The molecule has 0 N–H and O–H groups in total. The lowest BCUT2D eigenvalue weighted by Crippen LogP contribution is -2.03. The Hall–Kier alpha value is -1.82. The molecule has 0 radical (unpaired) electrons. The average Bonchev–Trinajstić information content (AvgIpc) is 3.02. The molecule has 0 atom stereocenters. The summed E-state index contributed by atoms with van der Waals surface area (Å²) in [5.41, 5.74) is 7.68. The van der Waals surface area contributed by atoms with Crippen molar-refractivity contribution in [3.05, 3.63) is 76.4 Å². The van der Waals surface area contributed by atoms with Gasteiger partial charge in [0.1, 0.15) is 0 Å². The molecule has 88 valence electrons. The number of benzene rings is 2. The van der Waals surface area contributed by atoms with Gasteiger partial charge in [-0.1, -0.05) is 60.2 Å². The summed E-state index contributed by atoms with van der Waals surface area (Å²) in [5, 5.41) is 0. The van der Waals surface area contributed by atoms with Crippen molar-refractivity contribution in [3.8, 4) is 0 Å². The third-order valence-electron chi connectivity index (χ3n) is 4.37. The van der Waals surface area contributed by atoms with Crippen molar-refractivity contribution in [2.45, 2.75) is 19.3 Å². The minimum Gasteiger partial charge on any atom is -0.0620 e. The van der Waals surface area contributed by atoms with Gasteiger partial charge in [0.25, 0.3) is 0 Å². The SMILES string of the molecule is C1=C(C2Cc3ccccc3C2)Cc2ccccc21. The van der Waals surface area contributed by atoms with Crippen molar-refractivity contribution >= 4 is 6.08 Å². The van der Waals surface area contributed by atoms with Gasteiger partial charge in [-0.05, 0) is 47.4 Å². The van der Waals surface area contributed by atoms with E-state index in [2.05, 4.69) is 54.6 Å². The second-order valence-electron chi connectivity index (χ2n) is 5.47. The fourth-order valence-corrected chi connectivity index (χ4v) is 3.39. The summed E-state index contributed by atoms with van der Waals surface area (Å²) in [7, 11) is 0. The molecule has 0 heteroatoms. The normalized spacial score (nSPS) is 17.4. The first kappa shape index (κ1) is 10.1. The zero-order valence-electron chi connectivity index (χ0n) is 10.4. The lowest BCUT2D eigenvalue weighted by Gasteiger charge is -2.10. The molecule has 0 fully saturated rings. The lowest BCUT2D eigenvalue weighted by molar-refractivity contribution is 0.650. The van der Waals surface area contributed by atoms with Crippen LogP contribution in [0, 0.1) is 5.92 Å². The van der Waals surface area contributed by atoms with Crippen molar-refractivity contribution in [2.24, 2.45) is 5.92 Å². The summed E-state index contributed by atoms with van der Waals surface area (Å²) >= 11 is 0. The molecule has 0 saturated heterocycles. The standard InChI is InChI=1S/C18H16/c1-2-6-14-10-17(9-13(14)5-1)18-11-15-7-3-4-8-16(15)12-18/h1-9,18H,10-12H2. The van der Waals surface area contributed by atoms with Crippen LogP contribution in [0.1, 0.15) is 22.3 Å². The predicted molar refractivity (Wildman–Crippen MR) is 75.5 cm³/mol. The molecular formula is C18H16. The largest absolute Gasteiger partial charge is 0.0620 e. The summed E-state index contributed by atoms with van der Waals surface area (Å²) in [6, 6.07) is 17.7. The van der Waals surface area contributed by atoms with E-state index in [-0.39, 0.29) is 0 Å². The predicted octanol–water partition coefficient (Wildman–Crippen LogP) is 4.04. The zero-order valence-corrected chi connectivity index (χ0v) is 10.4. The second kappa shape index (κ2) is 3.84. The van der Waals surface area contributed by atoms with Crippen LogP contribution in [0.25, 0.3) is 6.08 Å². The minimum atomic E-state index is 0.731. The van der Waals surface area contributed by atoms with Crippen LogP contribution in [0.4, 0.5) is 0 Å². The highest BCUT2D eigenvalue weighted by atomic mass is 14.3. The third-order valence-corrected chi connectivity index (χ3v) is 4.37. The molecule has 2 aromatic carbocycles. The Bertz CT molecular complexity index is 609. The molecule has 4 rings (SSSR count). The van der Waals surface area contributed by atoms with E-state index in [0.717, 1.165) is 12.3 Å². The van der Waals surface area contributed by atoms with E-state index in [1.54, 1.807) is 16.7 Å². The molecule has 0 saturated carbocycles. The first-order valence-corrected chi connectivity index (χ1v) is 6.75. The first-order chi connectivity index (χ1) is 8.90. The fourth-order valence-electron chi connectivity index (χ4n) is 3.39. The molecule has 0 aliphatic heterocycles. The maximum absolute atomic E-state index is 2.42. The maximum atomic E-state index is 2.42. The average molecular weight is 232 g/mol. The highest BCUT2D eigenvalue weighted by molar-refractivity contribution is 5.64. The maximum Gasteiger partial charge on any atom is -0.00548 e. The zero-order chi connectivity index (χ0) is 11.9. The van der Waals surface area contributed by atoms with Gasteiger partial charge in [-0.25, -0.2) is 0 Å². The molecule has 0 heterocycles. The Kier molecular flexibility index (Phi) is 2.16. The van der Waals surface area contributed by atoms with Crippen molar-refractivity contribution in [2.75, 3.05) is 0 Å². The van der Waals surface area contributed by atoms with E-state index in [0.29, 0.717) is 0 Å². The van der Waals surface area contributed by atoms with Crippen LogP contribution >= 0.6 is 0 Å². The van der Waals surface area contributed by atoms with E-state index in [9.17, 15) is 0 Å². The van der Waals surface area contributed by atoms with E-state index < -0.39 is 0 Å². The molecule has 0 unspecified atom stereocenters. The minimum absolute atomic E-state index is 0.731. The van der Waals surface area contributed by atoms with Gasteiger partial charge in [0, 0.05) is 0 Å². The van der Waals surface area contributed by atoms with Gasteiger partial charge in [0.2, 0.25) is 0 Å². The number of fused-ring (bicyclic) bond motifs is 2. The number of allylic oxidation sites excluding steroid dienone is 1. The number of rotatable bonds is 1. The van der Waals surface area contributed by atoms with Gasteiger partial charge in [0.15, 0.2) is 0 Å². The topological polar surface area (TPSA) is 0 Å². The van der Waals surface area contributed by atoms with Gasteiger partial charge in [-0.3, -0.25) is 0 Å². The van der Waals surface area contributed by atoms with Crippen LogP contribution < -0.4 is 0 Å². The van der Waals surface area contributed by atoms with Crippen LogP contribution in [0.15, 0.2) is 54.1 Å². The van der Waals surface area contributed by atoms with Crippen molar-refractivity contribution < 1.29 is 0 Å². The van der Waals surface area contributed by atoms with Crippen LogP contribution in [0.2, 0.25) is 0 Å². The Labute approximate surface area is 108 Å². The Balaban J connectivity index is 1.63. The molecule has 2 aromatic rings. The molecule has 0 bridgehead atoms. The highest BCUT2D eigenvalue weighted by Gasteiger charge is 2.26. The number of hydrogen-bond donors (Lipinski definition) is 0. The summed E-state index contributed by atoms with van der Waals surface area (Å²) < 4.78 is 0. The molecule has 2 aliphatic rings. The second-order valence-corrected chi connectivity index (χ2v) is 5.47. The molecular weight excluding hydrogens is 216 g/mol. The molecule has 0 spiro atoms. The van der Waals surface area contributed by atoms with Gasteiger partial charge < -0.3 is 0 Å². The summed E-state index contributed by atoms with van der Waals surface area (Å²) in [6.45, 7) is 0. The quantitative estimate of drug-likeness (QED) is 0.696. The Morgan fingerprint density at radius 2 is 1.33 bits per heavy atom. The molecule has 18 heavy (non-hydrogen) atoms. The molecule has 0 amide bonds. The monoisotopic (exact) mass is 232 g/mol. The summed E-state index contributed by atoms with van der Waals surface area (Å²) in [6.07, 6.45) is 6.05. The fraction of sp³-hybridized carbons (Fsp3) is 0.222. The van der Waals surface area contributed by atoms with Gasteiger partial charge in [0.05, 0.1) is 0 Å². The van der Waals surface area contributed by atoms with Crippen LogP contribution in [-0.4, -0.2) is 0 Å².